The predicted molar refractivity (Wildman–Crippen MR) is 106 cm³/mol. The van der Waals surface area contributed by atoms with Crippen LogP contribution in [-0.2, 0) is 11.2 Å². The lowest BCUT2D eigenvalue weighted by Gasteiger charge is -2.28. The number of aryl methyl sites for hydroxylation is 2. The summed E-state index contributed by atoms with van der Waals surface area (Å²) in [6.07, 6.45) is 6.95. The van der Waals surface area contributed by atoms with E-state index in [1.54, 1.807) is 6.20 Å². The van der Waals surface area contributed by atoms with Crippen LogP contribution < -0.4 is 10.6 Å². The lowest BCUT2D eigenvalue weighted by molar-refractivity contribution is 0.0211. The molecule has 0 amide bonds. The molecule has 0 spiro atoms. The van der Waals surface area contributed by atoms with Gasteiger partial charge in [-0.05, 0) is 37.6 Å². The lowest BCUT2D eigenvalue weighted by Crippen LogP contribution is -2.40. The maximum absolute atomic E-state index is 7.73. The fourth-order valence-corrected chi connectivity index (χ4v) is 2.72. The van der Waals surface area contributed by atoms with Crippen molar-refractivity contribution in [2.75, 3.05) is 23.8 Å². The van der Waals surface area contributed by atoms with Crippen molar-refractivity contribution in [1.82, 2.24) is 9.97 Å². The standard InChI is InChI=1S/C20H25N5O/c1-3-4-16-9-17(7-8-22-16)23-11-15(10-21)20-6-5-19(14(2)24-20)25-18-12-26-13-18/h5-11,18,21,25H,3-4,12-13H2,1-2H3,(H,22,23)/b15-11+,21-10?. The topological polar surface area (TPSA) is 82.9 Å². The monoisotopic (exact) mass is 351 g/mol. The van der Waals surface area contributed by atoms with Gasteiger partial charge in [0.2, 0.25) is 0 Å². The Morgan fingerprint density at radius 2 is 2.19 bits per heavy atom. The summed E-state index contributed by atoms with van der Waals surface area (Å²) in [5.41, 5.74) is 5.44. The quantitative estimate of drug-likeness (QED) is 0.632. The first-order chi connectivity index (χ1) is 12.7. The number of rotatable bonds is 8. The van der Waals surface area contributed by atoms with Gasteiger partial charge < -0.3 is 20.8 Å². The van der Waals surface area contributed by atoms with E-state index in [9.17, 15) is 0 Å². The van der Waals surface area contributed by atoms with Crippen LogP contribution >= 0.6 is 0 Å². The Labute approximate surface area is 154 Å². The minimum absolute atomic E-state index is 0.366. The van der Waals surface area contributed by atoms with Crippen LogP contribution in [0.2, 0.25) is 0 Å². The van der Waals surface area contributed by atoms with Crippen LogP contribution in [0.4, 0.5) is 11.4 Å². The van der Waals surface area contributed by atoms with Crippen molar-refractivity contribution < 1.29 is 4.74 Å². The van der Waals surface area contributed by atoms with Crippen molar-refractivity contribution in [3.63, 3.8) is 0 Å². The third-order valence-corrected chi connectivity index (χ3v) is 4.25. The maximum Gasteiger partial charge on any atom is 0.0736 e. The molecule has 3 N–H and O–H groups in total. The molecule has 0 aromatic carbocycles. The minimum atomic E-state index is 0.366. The molecule has 3 heterocycles. The minimum Gasteiger partial charge on any atom is -0.377 e. The summed E-state index contributed by atoms with van der Waals surface area (Å²) in [5, 5.41) is 14.4. The van der Waals surface area contributed by atoms with E-state index >= 15 is 0 Å². The SMILES string of the molecule is CCCc1cc(N/C=C(\C=N)c2ccc(NC3COC3)c(C)n2)ccn1. The number of nitrogens with zero attached hydrogens (tertiary/aromatic N) is 2. The van der Waals surface area contributed by atoms with Gasteiger partial charge in [-0.3, -0.25) is 9.97 Å². The lowest BCUT2D eigenvalue weighted by atomic mass is 10.1. The van der Waals surface area contributed by atoms with E-state index < -0.39 is 0 Å². The fraction of sp³-hybridized carbons (Fsp3) is 0.350. The molecule has 0 radical (unpaired) electrons. The summed E-state index contributed by atoms with van der Waals surface area (Å²) in [4.78, 5) is 9.00. The van der Waals surface area contributed by atoms with Gasteiger partial charge in [-0.2, -0.15) is 0 Å². The summed E-state index contributed by atoms with van der Waals surface area (Å²) in [6.45, 7) is 5.59. The summed E-state index contributed by atoms with van der Waals surface area (Å²) in [5.74, 6) is 0. The number of hydrogen-bond donors (Lipinski definition) is 3. The van der Waals surface area contributed by atoms with Gasteiger partial charge in [0, 0.05) is 35.6 Å². The number of allylic oxidation sites excluding steroid dienone is 1. The molecular weight excluding hydrogens is 326 g/mol. The van der Waals surface area contributed by atoms with Gasteiger partial charge >= 0.3 is 0 Å². The summed E-state index contributed by atoms with van der Waals surface area (Å²) >= 11 is 0. The zero-order valence-electron chi connectivity index (χ0n) is 15.2. The van der Waals surface area contributed by atoms with Gasteiger partial charge in [0.1, 0.15) is 0 Å². The van der Waals surface area contributed by atoms with E-state index in [4.69, 9.17) is 10.1 Å². The molecule has 1 saturated heterocycles. The molecule has 0 unspecified atom stereocenters. The Bertz CT molecular complexity index is 799. The molecule has 26 heavy (non-hydrogen) atoms. The third-order valence-electron chi connectivity index (χ3n) is 4.25. The maximum atomic E-state index is 7.73. The molecule has 0 bridgehead atoms. The Hall–Kier alpha value is -2.73. The first kappa shape index (κ1) is 18.1. The van der Waals surface area contributed by atoms with Crippen LogP contribution in [-0.4, -0.2) is 35.4 Å². The number of pyridine rings is 2. The average molecular weight is 351 g/mol. The highest BCUT2D eigenvalue weighted by Crippen LogP contribution is 2.20. The van der Waals surface area contributed by atoms with Crippen molar-refractivity contribution in [2.45, 2.75) is 32.7 Å². The van der Waals surface area contributed by atoms with Gasteiger partial charge in [0.15, 0.2) is 0 Å². The molecule has 6 heteroatoms. The predicted octanol–water partition coefficient (Wildman–Crippen LogP) is 3.65. The van der Waals surface area contributed by atoms with E-state index in [1.165, 1.54) is 6.21 Å². The van der Waals surface area contributed by atoms with Crippen molar-refractivity contribution >= 4 is 23.2 Å². The van der Waals surface area contributed by atoms with Crippen LogP contribution in [0.1, 0.15) is 30.4 Å². The molecule has 2 aromatic heterocycles. The molecule has 1 fully saturated rings. The van der Waals surface area contributed by atoms with E-state index in [-0.39, 0.29) is 0 Å². The van der Waals surface area contributed by atoms with Crippen molar-refractivity contribution in [3.05, 3.63) is 53.7 Å². The summed E-state index contributed by atoms with van der Waals surface area (Å²) in [6, 6.07) is 8.27. The second kappa shape index (κ2) is 8.58. The highest BCUT2D eigenvalue weighted by molar-refractivity contribution is 6.08. The highest BCUT2D eigenvalue weighted by atomic mass is 16.5. The van der Waals surface area contributed by atoms with E-state index in [0.29, 0.717) is 6.04 Å². The molecule has 3 rings (SSSR count). The normalized spacial score (nSPS) is 14.6. The second-order valence-corrected chi connectivity index (χ2v) is 6.38. The molecule has 0 atom stereocenters. The Morgan fingerprint density at radius 3 is 2.85 bits per heavy atom. The van der Waals surface area contributed by atoms with E-state index in [2.05, 4.69) is 27.5 Å². The number of hydrogen-bond acceptors (Lipinski definition) is 6. The molecule has 136 valence electrons. The smallest absolute Gasteiger partial charge is 0.0736 e. The third kappa shape index (κ3) is 4.46. The fourth-order valence-electron chi connectivity index (χ4n) is 2.72. The van der Waals surface area contributed by atoms with Gasteiger partial charge in [0.25, 0.3) is 0 Å². The summed E-state index contributed by atoms with van der Waals surface area (Å²) in [7, 11) is 0. The molecule has 2 aromatic rings. The molecular formula is C20H25N5O. The molecule has 6 nitrogen and oxygen atoms in total. The Balaban J connectivity index is 1.73. The van der Waals surface area contributed by atoms with Crippen LogP contribution in [0.15, 0.2) is 36.7 Å². The molecule has 0 aliphatic carbocycles. The second-order valence-electron chi connectivity index (χ2n) is 6.38. The molecule has 0 saturated carbocycles. The number of nitrogens with one attached hydrogen (secondary N) is 3. The zero-order valence-corrected chi connectivity index (χ0v) is 15.2. The largest absolute Gasteiger partial charge is 0.377 e. The first-order valence-corrected chi connectivity index (χ1v) is 8.94. The van der Waals surface area contributed by atoms with Crippen LogP contribution in [0, 0.1) is 12.3 Å². The number of aromatic nitrogens is 2. The van der Waals surface area contributed by atoms with Crippen molar-refractivity contribution in [3.8, 4) is 0 Å². The Morgan fingerprint density at radius 1 is 1.35 bits per heavy atom. The van der Waals surface area contributed by atoms with Gasteiger partial charge in [-0.1, -0.05) is 13.3 Å². The van der Waals surface area contributed by atoms with Crippen LogP contribution in [0.25, 0.3) is 5.57 Å². The van der Waals surface area contributed by atoms with Gasteiger partial charge in [0.05, 0.1) is 36.3 Å². The summed E-state index contributed by atoms with van der Waals surface area (Å²) < 4.78 is 5.19. The van der Waals surface area contributed by atoms with E-state index in [0.717, 1.165) is 60.1 Å². The van der Waals surface area contributed by atoms with Crippen molar-refractivity contribution in [1.29, 1.82) is 5.41 Å². The average Bonchev–Trinajstić information content (AvgIpc) is 2.60. The molecule has 1 aliphatic rings. The zero-order chi connectivity index (χ0) is 18.4. The van der Waals surface area contributed by atoms with Crippen LogP contribution in [0.5, 0.6) is 0 Å². The van der Waals surface area contributed by atoms with Crippen molar-refractivity contribution in [2.24, 2.45) is 0 Å². The molecule has 1 aliphatic heterocycles. The van der Waals surface area contributed by atoms with Gasteiger partial charge in [-0.15, -0.1) is 0 Å². The van der Waals surface area contributed by atoms with Gasteiger partial charge in [-0.25, -0.2) is 0 Å². The van der Waals surface area contributed by atoms with Crippen LogP contribution in [0.3, 0.4) is 0 Å². The number of anilines is 2. The first-order valence-electron chi connectivity index (χ1n) is 8.94. The highest BCUT2D eigenvalue weighted by Gasteiger charge is 2.18. The van der Waals surface area contributed by atoms with E-state index in [1.807, 2.05) is 37.4 Å². The number of ether oxygens (including phenoxy) is 1. The Kier molecular flexibility index (Phi) is 5.96.